The Morgan fingerprint density at radius 1 is 1.20 bits per heavy atom. The molecule has 0 aromatic carbocycles. The van der Waals surface area contributed by atoms with Crippen molar-refractivity contribution in [2.24, 2.45) is 5.92 Å². The maximum atomic E-state index is 12.5. The van der Waals surface area contributed by atoms with E-state index in [1.165, 1.54) is 0 Å². The summed E-state index contributed by atoms with van der Waals surface area (Å²) in [4.78, 5) is 2.01. The van der Waals surface area contributed by atoms with Gasteiger partial charge in [0.1, 0.15) is 0 Å². The summed E-state index contributed by atoms with van der Waals surface area (Å²) < 4.78 is 37.6. The van der Waals surface area contributed by atoms with Crippen molar-refractivity contribution in [3.63, 3.8) is 0 Å². The highest BCUT2D eigenvalue weighted by Gasteiger charge is 2.44. The number of hydrogen-bond acceptors (Lipinski definition) is 2. The Bertz CT molecular complexity index is 203. The van der Waals surface area contributed by atoms with Crippen LogP contribution in [0.1, 0.15) is 19.3 Å². The molecule has 1 saturated carbocycles. The molecule has 1 N–H and O–H groups in total. The average molecular weight is 224 g/mol. The minimum Gasteiger partial charge on any atom is -0.315 e. The van der Waals surface area contributed by atoms with Crippen molar-refractivity contribution in [3.05, 3.63) is 0 Å². The molecule has 0 spiro atoms. The van der Waals surface area contributed by atoms with E-state index >= 15 is 0 Å². The molecule has 0 unspecified atom stereocenters. The van der Waals surface area contributed by atoms with Gasteiger partial charge in [0.25, 0.3) is 0 Å². The van der Waals surface area contributed by atoms with E-state index in [0.717, 1.165) is 0 Å². The lowest BCUT2D eigenvalue weighted by Gasteiger charge is -2.40. The summed E-state index contributed by atoms with van der Waals surface area (Å²) in [6.45, 7) is 0. The van der Waals surface area contributed by atoms with Crippen LogP contribution < -0.4 is 5.32 Å². The van der Waals surface area contributed by atoms with E-state index < -0.39 is 12.1 Å². The number of halogens is 3. The molecule has 5 heteroatoms. The largest absolute Gasteiger partial charge is 0.391 e. The Labute approximate surface area is 88.8 Å². The number of hydrogen-bond donors (Lipinski definition) is 1. The quantitative estimate of drug-likeness (QED) is 0.770. The normalized spacial score (nSPS) is 33.4. The zero-order valence-corrected chi connectivity index (χ0v) is 9.43. The van der Waals surface area contributed by atoms with Crippen LogP contribution in [0.25, 0.3) is 0 Å². The van der Waals surface area contributed by atoms with E-state index in [1.807, 2.05) is 19.0 Å². The fourth-order valence-corrected chi connectivity index (χ4v) is 2.38. The molecule has 0 saturated heterocycles. The summed E-state index contributed by atoms with van der Waals surface area (Å²) >= 11 is 0. The smallest absolute Gasteiger partial charge is 0.315 e. The number of rotatable bonds is 2. The van der Waals surface area contributed by atoms with E-state index in [-0.39, 0.29) is 24.9 Å². The van der Waals surface area contributed by atoms with E-state index in [1.54, 1.807) is 7.05 Å². The van der Waals surface area contributed by atoms with Crippen molar-refractivity contribution < 1.29 is 13.2 Å². The molecular formula is C10H19F3N2. The van der Waals surface area contributed by atoms with Crippen LogP contribution in [-0.4, -0.2) is 44.3 Å². The van der Waals surface area contributed by atoms with Crippen LogP contribution in [0.5, 0.6) is 0 Å². The summed E-state index contributed by atoms with van der Waals surface area (Å²) in [5, 5.41) is 3.00. The molecule has 0 aliphatic heterocycles. The van der Waals surface area contributed by atoms with Crippen LogP contribution in [0.3, 0.4) is 0 Å². The molecule has 0 amide bonds. The zero-order chi connectivity index (χ0) is 11.6. The van der Waals surface area contributed by atoms with Gasteiger partial charge in [0.05, 0.1) is 5.92 Å². The van der Waals surface area contributed by atoms with Gasteiger partial charge in [-0.15, -0.1) is 0 Å². The molecule has 2 nitrogen and oxygen atoms in total. The molecule has 0 bridgehead atoms. The lowest BCUT2D eigenvalue weighted by Crippen LogP contribution is -2.51. The van der Waals surface area contributed by atoms with Gasteiger partial charge in [-0.05, 0) is 40.4 Å². The number of alkyl halides is 3. The first kappa shape index (κ1) is 12.8. The lowest BCUT2D eigenvalue weighted by atomic mass is 9.81. The summed E-state index contributed by atoms with van der Waals surface area (Å²) in [5.74, 6) is -1.13. The molecule has 1 aliphatic rings. The minimum atomic E-state index is -4.04. The van der Waals surface area contributed by atoms with Gasteiger partial charge in [0, 0.05) is 12.1 Å². The fraction of sp³-hybridized carbons (Fsp3) is 1.00. The molecule has 3 atom stereocenters. The maximum absolute atomic E-state index is 12.5. The third-order valence-electron chi connectivity index (χ3n) is 3.31. The van der Waals surface area contributed by atoms with Gasteiger partial charge >= 0.3 is 6.18 Å². The first-order chi connectivity index (χ1) is 6.86. The maximum Gasteiger partial charge on any atom is 0.391 e. The zero-order valence-electron chi connectivity index (χ0n) is 9.43. The van der Waals surface area contributed by atoms with Crippen molar-refractivity contribution >= 4 is 0 Å². The second kappa shape index (κ2) is 4.70. The van der Waals surface area contributed by atoms with Crippen molar-refractivity contribution in [2.45, 2.75) is 37.5 Å². The van der Waals surface area contributed by atoms with Gasteiger partial charge in [-0.1, -0.05) is 0 Å². The summed E-state index contributed by atoms with van der Waals surface area (Å²) in [6, 6.07) is 0.161. The second-order valence-corrected chi connectivity index (χ2v) is 4.48. The van der Waals surface area contributed by atoms with Crippen molar-refractivity contribution in [2.75, 3.05) is 21.1 Å². The molecule has 90 valence electrons. The van der Waals surface area contributed by atoms with Crippen LogP contribution >= 0.6 is 0 Å². The van der Waals surface area contributed by atoms with Gasteiger partial charge < -0.3 is 10.2 Å². The first-order valence-corrected chi connectivity index (χ1v) is 5.26. The first-order valence-electron chi connectivity index (χ1n) is 5.26. The molecule has 1 rings (SSSR count). The van der Waals surface area contributed by atoms with Gasteiger partial charge in [0.15, 0.2) is 0 Å². The molecule has 1 fully saturated rings. The molecule has 1 aliphatic carbocycles. The van der Waals surface area contributed by atoms with Crippen LogP contribution in [-0.2, 0) is 0 Å². The standard InChI is InChI=1S/C10H19F3N2/c1-14-8-6-7(10(11,12)13)4-5-9(8)15(2)3/h7-9,14H,4-6H2,1-3H3/t7-,8+,9+/m0/s1. The minimum absolute atomic E-state index is 0.0552. The SMILES string of the molecule is CN[C@@H]1C[C@@H](C(F)(F)F)CC[C@H]1N(C)C. The van der Waals surface area contributed by atoms with Gasteiger partial charge in [-0.25, -0.2) is 0 Å². The van der Waals surface area contributed by atoms with Gasteiger partial charge in [-0.2, -0.15) is 13.2 Å². The Balaban J connectivity index is 2.63. The second-order valence-electron chi connectivity index (χ2n) is 4.48. The fourth-order valence-electron chi connectivity index (χ4n) is 2.38. The molecule has 0 aromatic heterocycles. The van der Waals surface area contributed by atoms with Crippen molar-refractivity contribution in [1.82, 2.24) is 10.2 Å². The molecule has 0 heterocycles. The Morgan fingerprint density at radius 2 is 1.80 bits per heavy atom. The predicted molar refractivity (Wildman–Crippen MR) is 53.7 cm³/mol. The lowest BCUT2D eigenvalue weighted by molar-refractivity contribution is -0.186. The van der Waals surface area contributed by atoms with Crippen LogP contribution in [0.4, 0.5) is 13.2 Å². The van der Waals surface area contributed by atoms with Crippen molar-refractivity contribution in [3.8, 4) is 0 Å². The van der Waals surface area contributed by atoms with Crippen molar-refractivity contribution in [1.29, 1.82) is 0 Å². The van der Waals surface area contributed by atoms with Crippen LogP contribution in [0.2, 0.25) is 0 Å². The van der Waals surface area contributed by atoms with Gasteiger partial charge in [0.2, 0.25) is 0 Å². The van der Waals surface area contributed by atoms with E-state index in [4.69, 9.17) is 0 Å². The third kappa shape index (κ3) is 3.08. The van der Waals surface area contributed by atoms with E-state index in [0.29, 0.717) is 6.42 Å². The van der Waals surface area contributed by atoms with Crippen LogP contribution in [0, 0.1) is 5.92 Å². The molecular weight excluding hydrogens is 205 g/mol. The van der Waals surface area contributed by atoms with E-state index in [9.17, 15) is 13.2 Å². The summed E-state index contributed by atoms with van der Waals surface area (Å²) in [7, 11) is 5.58. The third-order valence-corrected chi connectivity index (χ3v) is 3.31. The highest BCUT2D eigenvalue weighted by atomic mass is 19.4. The predicted octanol–water partition coefficient (Wildman–Crippen LogP) is 1.87. The molecule has 0 radical (unpaired) electrons. The average Bonchev–Trinajstić information content (AvgIpc) is 2.15. The molecule has 0 aromatic rings. The van der Waals surface area contributed by atoms with Crippen LogP contribution in [0.15, 0.2) is 0 Å². The number of nitrogens with one attached hydrogen (secondary N) is 1. The Morgan fingerprint density at radius 3 is 2.20 bits per heavy atom. The number of nitrogens with zero attached hydrogens (tertiary/aromatic N) is 1. The monoisotopic (exact) mass is 224 g/mol. The Kier molecular flexibility index (Phi) is 4.00. The summed E-state index contributed by atoms with van der Waals surface area (Å²) in [5.41, 5.74) is 0. The molecule has 15 heavy (non-hydrogen) atoms. The van der Waals surface area contributed by atoms with Gasteiger partial charge in [-0.3, -0.25) is 0 Å². The highest BCUT2D eigenvalue weighted by molar-refractivity contribution is 4.90. The summed E-state index contributed by atoms with van der Waals surface area (Å²) in [6.07, 6.45) is -2.97. The van der Waals surface area contributed by atoms with E-state index in [2.05, 4.69) is 5.32 Å². The Hall–Kier alpha value is -0.290. The highest BCUT2D eigenvalue weighted by Crippen LogP contribution is 2.38. The number of likely N-dealkylation sites (N-methyl/N-ethyl adjacent to an activating group) is 2. The topological polar surface area (TPSA) is 15.3 Å².